The van der Waals surface area contributed by atoms with E-state index in [2.05, 4.69) is 55.5 Å². The molecule has 2 rings (SSSR count). The van der Waals surface area contributed by atoms with Gasteiger partial charge in [-0.3, -0.25) is 9.59 Å². The number of aliphatic carboxylic acids is 2. The number of aryl methyl sites for hydroxylation is 1. The molecule has 4 nitrogen and oxygen atoms in total. The first-order valence-electron chi connectivity index (χ1n) is 13.8. The Kier molecular flexibility index (Phi) is 16.2. The number of hydrogen-bond acceptors (Lipinski definition) is 4. The fourth-order valence-electron chi connectivity index (χ4n) is 4.62. The third kappa shape index (κ3) is 13.4. The summed E-state index contributed by atoms with van der Waals surface area (Å²) >= 11 is 3.23. The molecule has 2 aromatic rings. The summed E-state index contributed by atoms with van der Waals surface area (Å²) in [7, 11) is 0. The van der Waals surface area contributed by atoms with Crippen molar-refractivity contribution in [3.05, 3.63) is 71.3 Å². The number of carboxylic acids is 2. The quantitative estimate of drug-likeness (QED) is 0.121. The molecule has 0 aromatic heterocycles. The number of thioether (sulfide) groups is 2. The topological polar surface area (TPSA) is 74.6 Å². The van der Waals surface area contributed by atoms with E-state index in [4.69, 9.17) is 10.2 Å². The monoisotopic (exact) mass is 544 g/mol. The number of carbonyl (C=O) groups is 2. The van der Waals surface area contributed by atoms with Crippen LogP contribution in [0, 0.1) is 0 Å². The van der Waals surface area contributed by atoms with Crippen molar-refractivity contribution in [1.29, 1.82) is 0 Å². The van der Waals surface area contributed by atoms with Gasteiger partial charge in [0.05, 0.1) is 17.4 Å². The van der Waals surface area contributed by atoms with Gasteiger partial charge in [0, 0.05) is 11.5 Å². The van der Waals surface area contributed by atoms with Crippen molar-refractivity contribution in [3.8, 4) is 0 Å². The summed E-state index contributed by atoms with van der Waals surface area (Å²) in [5.41, 5.74) is 4.02. The summed E-state index contributed by atoms with van der Waals surface area (Å²) in [4.78, 5) is 22.0. The van der Waals surface area contributed by atoms with Crippen LogP contribution in [-0.4, -0.2) is 33.7 Å². The van der Waals surface area contributed by atoms with Gasteiger partial charge in [0.1, 0.15) is 0 Å². The lowest BCUT2D eigenvalue weighted by Gasteiger charge is -2.20. The number of unbranched alkanes of at least 4 members (excludes halogenated alkanes) is 5. The van der Waals surface area contributed by atoms with Crippen LogP contribution in [0.25, 0.3) is 0 Å². The first kappa shape index (κ1) is 31.3. The van der Waals surface area contributed by atoms with Gasteiger partial charge in [-0.05, 0) is 48.3 Å². The highest BCUT2D eigenvalue weighted by Gasteiger charge is 2.17. The molecular formula is C31H44O4S2. The van der Waals surface area contributed by atoms with E-state index in [-0.39, 0.29) is 17.4 Å². The fourth-order valence-corrected chi connectivity index (χ4v) is 7.41. The zero-order chi connectivity index (χ0) is 26.7. The first-order chi connectivity index (χ1) is 18.0. The maximum atomic E-state index is 11.0. The van der Waals surface area contributed by atoms with E-state index >= 15 is 0 Å². The molecule has 0 bridgehead atoms. The number of rotatable bonds is 21. The van der Waals surface area contributed by atoms with Crippen molar-refractivity contribution in [2.75, 3.05) is 11.5 Å². The SMILES string of the molecule is CCCCC(CCCCCCCc1ccccc1C(SCCC(=O)O)SCCC(=O)O)c1ccccc1. The highest BCUT2D eigenvalue weighted by Crippen LogP contribution is 2.42. The smallest absolute Gasteiger partial charge is 0.304 e. The Morgan fingerprint density at radius 1 is 0.730 bits per heavy atom. The highest BCUT2D eigenvalue weighted by molar-refractivity contribution is 8.16. The summed E-state index contributed by atoms with van der Waals surface area (Å²) in [6.07, 6.45) is 12.5. The third-order valence-electron chi connectivity index (χ3n) is 6.66. The molecule has 0 amide bonds. The molecular weight excluding hydrogens is 500 g/mol. The Morgan fingerprint density at radius 2 is 1.30 bits per heavy atom. The Labute approximate surface area is 232 Å². The van der Waals surface area contributed by atoms with Gasteiger partial charge >= 0.3 is 11.9 Å². The number of benzene rings is 2. The predicted octanol–water partition coefficient (Wildman–Crippen LogP) is 8.96. The predicted molar refractivity (Wildman–Crippen MR) is 159 cm³/mol. The summed E-state index contributed by atoms with van der Waals surface area (Å²) in [6, 6.07) is 19.4. The van der Waals surface area contributed by atoms with Crippen LogP contribution in [0.15, 0.2) is 54.6 Å². The molecule has 1 atom stereocenters. The second kappa shape index (κ2) is 19.2. The lowest BCUT2D eigenvalue weighted by molar-refractivity contribution is -0.137. The maximum absolute atomic E-state index is 11.0. The average Bonchev–Trinajstić information content (AvgIpc) is 2.89. The molecule has 6 heteroatoms. The van der Waals surface area contributed by atoms with Crippen LogP contribution in [0.2, 0.25) is 0 Å². The van der Waals surface area contributed by atoms with Gasteiger partial charge in [-0.1, -0.05) is 100 Å². The zero-order valence-electron chi connectivity index (χ0n) is 22.3. The molecule has 0 aliphatic heterocycles. The minimum Gasteiger partial charge on any atom is -0.481 e. The summed E-state index contributed by atoms with van der Waals surface area (Å²) in [6.45, 7) is 2.27. The highest BCUT2D eigenvalue weighted by atomic mass is 32.2. The molecule has 2 N–H and O–H groups in total. The first-order valence-corrected chi connectivity index (χ1v) is 15.9. The van der Waals surface area contributed by atoms with Crippen LogP contribution < -0.4 is 0 Å². The minimum atomic E-state index is -0.796. The van der Waals surface area contributed by atoms with Gasteiger partial charge in [0.25, 0.3) is 0 Å². The summed E-state index contributed by atoms with van der Waals surface area (Å²) in [5, 5.41) is 18.1. The average molecular weight is 545 g/mol. The molecule has 0 saturated carbocycles. The largest absolute Gasteiger partial charge is 0.481 e. The van der Waals surface area contributed by atoms with Crippen LogP contribution in [0.5, 0.6) is 0 Å². The number of carboxylic acid groups (broad SMARTS) is 2. The van der Waals surface area contributed by atoms with E-state index in [1.165, 1.54) is 68.1 Å². The molecule has 1 unspecified atom stereocenters. The summed E-state index contributed by atoms with van der Waals surface area (Å²) in [5.74, 6) is 0.140. The van der Waals surface area contributed by atoms with Gasteiger partial charge in [-0.2, -0.15) is 0 Å². The van der Waals surface area contributed by atoms with Crippen LogP contribution in [0.1, 0.15) is 105 Å². The lowest BCUT2D eigenvalue weighted by Crippen LogP contribution is -2.03. The molecule has 2 aromatic carbocycles. The van der Waals surface area contributed by atoms with E-state index in [0.29, 0.717) is 17.4 Å². The second-order valence-electron chi connectivity index (χ2n) is 9.62. The van der Waals surface area contributed by atoms with Crippen molar-refractivity contribution in [3.63, 3.8) is 0 Å². The molecule has 0 heterocycles. The van der Waals surface area contributed by atoms with Crippen molar-refractivity contribution in [2.24, 2.45) is 0 Å². The van der Waals surface area contributed by atoms with Crippen LogP contribution >= 0.6 is 23.5 Å². The van der Waals surface area contributed by atoms with Crippen molar-refractivity contribution in [2.45, 2.75) is 94.5 Å². The fraction of sp³-hybridized carbons (Fsp3) is 0.548. The van der Waals surface area contributed by atoms with Crippen molar-refractivity contribution in [1.82, 2.24) is 0 Å². The normalized spacial score (nSPS) is 12.1. The second-order valence-corrected chi connectivity index (χ2v) is 12.3. The molecule has 0 radical (unpaired) electrons. The van der Waals surface area contributed by atoms with E-state index in [9.17, 15) is 9.59 Å². The van der Waals surface area contributed by atoms with Gasteiger partial charge in [0.2, 0.25) is 0 Å². The van der Waals surface area contributed by atoms with Gasteiger partial charge in [-0.15, -0.1) is 23.5 Å². The molecule has 0 aliphatic carbocycles. The summed E-state index contributed by atoms with van der Waals surface area (Å²) < 4.78 is 0.0629. The Balaban J connectivity index is 1.81. The Hall–Kier alpha value is -1.92. The molecule has 0 fully saturated rings. The van der Waals surface area contributed by atoms with E-state index < -0.39 is 11.9 Å². The van der Waals surface area contributed by atoms with Crippen molar-refractivity contribution < 1.29 is 19.8 Å². The van der Waals surface area contributed by atoms with Gasteiger partial charge in [-0.25, -0.2) is 0 Å². The van der Waals surface area contributed by atoms with Gasteiger partial charge in [0.15, 0.2) is 0 Å². The van der Waals surface area contributed by atoms with Crippen LogP contribution in [0.4, 0.5) is 0 Å². The van der Waals surface area contributed by atoms with E-state index in [1.807, 2.05) is 6.07 Å². The minimum absolute atomic E-state index is 0.0629. The van der Waals surface area contributed by atoms with E-state index in [1.54, 1.807) is 23.5 Å². The Bertz CT molecular complexity index is 883. The molecule has 37 heavy (non-hydrogen) atoms. The molecule has 0 aliphatic rings. The third-order valence-corrected chi connectivity index (χ3v) is 9.46. The Morgan fingerprint density at radius 3 is 1.95 bits per heavy atom. The molecule has 0 spiro atoms. The van der Waals surface area contributed by atoms with Crippen LogP contribution in [0.3, 0.4) is 0 Å². The number of hydrogen-bond donors (Lipinski definition) is 2. The molecule has 204 valence electrons. The van der Waals surface area contributed by atoms with Crippen molar-refractivity contribution >= 4 is 35.5 Å². The van der Waals surface area contributed by atoms with E-state index in [0.717, 1.165) is 12.8 Å². The standard InChI is InChI=1S/C31H44O4S2/c1-2-3-14-25(26-16-10-7-11-17-26)15-8-5-4-6-9-18-27-19-12-13-20-28(27)31(36-23-21-29(32)33)37-24-22-30(34)35/h7,10-13,16-17,19-20,25,31H,2-6,8-9,14-15,18,21-24H2,1H3,(H,32,33)(H,34,35). The molecule has 0 saturated heterocycles. The van der Waals surface area contributed by atoms with Gasteiger partial charge < -0.3 is 10.2 Å². The lowest BCUT2D eigenvalue weighted by atomic mass is 9.88. The maximum Gasteiger partial charge on any atom is 0.304 e. The van der Waals surface area contributed by atoms with Crippen LogP contribution in [-0.2, 0) is 16.0 Å². The zero-order valence-corrected chi connectivity index (χ0v) is 23.9.